The van der Waals surface area contributed by atoms with Gasteiger partial charge >= 0.3 is 5.97 Å². The molecule has 18 heavy (non-hydrogen) atoms. The second-order valence-corrected chi connectivity index (χ2v) is 4.21. The van der Waals surface area contributed by atoms with Gasteiger partial charge in [0.15, 0.2) is 0 Å². The molecule has 0 aromatic heterocycles. The van der Waals surface area contributed by atoms with E-state index in [1.165, 1.54) is 0 Å². The molecule has 1 rings (SSSR count). The lowest BCUT2D eigenvalue weighted by Crippen LogP contribution is -2.03. The molecule has 1 aromatic carbocycles. The number of hydrogen-bond acceptors (Lipinski definition) is 3. The van der Waals surface area contributed by atoms with E-state index in [1.807, 2.05) is 13.8 Å². The maximum atomic E-state index is 10.9. The molecule has 0 radical (unpaired) electrons. The molecule has 0 spiro atoms. The second kappa shape index (κ2) is 6.65. The number of aromatic carboxylic acids is 1. The Kier molecular flexibility index (Phi) is 5.19. The zero-order valence-electron chi connectivity index (χ0n) is 10.7. The molecule has 96 valence electrons. The zero-order chi connectivity index (χ0) is 13.5. The van der Waals surface area contributed by atoms with E-state index in [-0.39, 0.29) is 5.56 Å². The summed E-state index contributed by atoms with van der Waals surface area (Å²) in [5.41, 5.74) is 1.93. The van der Waals surface area contributed by atoms with Crippen molar-refractivity contribution in [2.75, 3.05) is 6.61 Å². The van der Waals surface area contributed by atoms with E-state index in [1.54, 1.807) is 12.1 Å². The largest absolute Gasteiger partial charge is 0.493 e. The number of aryl methyl sites for hydroxylation is 2. The van der Waals surface area contributed by atoms with Gasteiger partial charge in [0.25, 0.3) is 0 Å². The van der Waals surface area contributed by atoms with Gasteiger partial charge in [-0.05, 0) is 49.9 Å². The van der Waals surface area contributed by atoms with Gasteiger partial charge in [-0.25, -0.2) is 4.79 Å². The summed E-state index contributed by atoms with van der Waals surface area (Å²) in [6, 6.07) is 5.31. The molecular weight excluding hydrogens is 230 g/mol. The van der Waals surface area contributed by atoms with Crippen LogP contribution in [0.1, 0.15) is 40.7 Å². The van der Waals surface area contributed by atoms with Crippen LogP contribution in [0.25, 0.3) is 0 Å². The smallest absolute Gasteiger partial charge is 0.335 e. The summed E-state index contributed by atoms with van der Waals surface area (Å²) < 4.78 is 5.65. The van der Waals surface area contributed by atoms with Crippen molar-refractivity contribution in [1.29, 1.82) is 5.26 Å². The fourth-order valence-corrected chi connectivity index (χ4v) is 1.78. The summed E-state index contributed by atoms with van der Waals surface area (Å²) in [6.07, 6.45) is 2.19. The van der Waals surface area contributed by atoms with Crippen molar-refractivity contribution >= 4 is 5.97 Å². The summed E-state index contributed by atoms with van der Waals surface area (Å²) in [4.78, 5) is 10.9. The molecule has 0 atom stereocenters. The average Bonchev–Trinajstić information content (AvgIpc) is 2.31. The van der Waals surface area contributed by atoms with Crippen molar-refractivity contribution in [1.82, 2.24) is 0 Å². The Balaban J connectivity index is 2.67. The highest BCUT2D eigenvalue weighted by molar-refractivity contribution is 5.88. The Bertz CT molecular complexity index is 451. The summed E-state index contributed by atoms with van der Waals surface area (Å²) in [7, 11) is 0. The SMILES string of the molecule is Cc1cc(C(=O)O)cc(C)c1OCCCCC#N. The molecule has 1 N–H and O–H groups in total. The first-order chi connectivity index (χ1) is 8.56. The van der Waals surface area contributed by atoms with Gasteiger partial charge in [0.2, 0.25) is 0 Å². The average molecular weight is 247 g/mol. The molecule has 0 saturated heterocycles. The van der Waals surface area contributed by atoms with E-state index >= 15 is 0 Å². The van der Waals surface area contributed by atoms with E-state index in [0.29, 0.717) is 13.0 Å². The van der Waals surface area contributed by atoms with E-state index in [9.17, 15) is 4.79 Å². The Labute approximate surface area is 107 Å². The number of nitrogens with zero attached hydrogens (tertiary/aromatic N) is 1. The van der Waals surface area contributed by atoms with Crippen molar-refractivity contribution < 1.29 is 14.6 Å². The molecule has 0 saturated carbocycles. The molecule has 0 unspecified atom stereocenters. The lowest BCUT2D eigenvalue weighted by molar-refractivity contribution is 0.0696. The molecule has 0 fully saturated rings. The quantitative estimate of drug-likeness (QED) is 0.784. The standard InChI is InChI=1S/C14H17NO3/c1-10-8-12(14(16)17)9-11(2)13(10)18-7-5-3-4-6-15/h8-9H,3-5,7H2,1-2H3,(H,16,17). The molecule has 0 bridgehead atoms. The first-order valence-electron chi connectivity index (χ1n) is 5.90. The highest BCUT2D eigenvalue weighted by Gasteiger charge is 2.10. The molecule has 0 aliphatic carbocycles. The predicted octanol–water partition coefficient (Wildman–Crippen LogP) is 3.07. The van der Waals surface area contributed by atoms with Gasteiger partial charge in [0, 0.05) is 6.42 Å². The molecule has 0 amide bonds. The van der Waals surface area contributed by atoms with Gasteiger partial charge < -0.3 is 9.84 Å². The third-order valence-corrected chi connectivity index (χ3v) is 2.64. The number of carbonyl (C=O) groups is 1. The number of nitriles is 1. The number of hydrogen-bond donors (Lipinski definition) is 1. The van der Waals surface area contributed by atoms with E-state index in [2.05, 4.69) is 6.07 Å². The molecular formula is C14H17NO3. The number of carboxylic acid groups (broad SMARTS) is 1. The summed E-state index contributed by atoms with van der Waals surface area (Å²) >= 11 is 0. The lowest BCUT2D eigenvalue weighted by atomic mass is 10.1. The number of carboxylic acids is 1. The van der Waals surface area contributed by atoms with Crippen LogP contribution in [0.3, 0.4) is 0 Å². The number of ether oxygens (including phenoxy) is 1. The maximum absolute atomic E-state index is 10.9. The highest BCUT2D eigenvalue weighted by atomic mass is 16.5. The fraction of sp³-hybridized carbons (Fsp3) is 0.429. The van der Waals surface area contributed by atoms with Crippen LogP contribution in [0.15, 0.2) is 12.1 Å². The fourth-order valence-electron chi connectivity index (χ4n) is 1.78. The summed E-state index contributed by atoms with van der Waals surface area (Å²) in [6.45, 7) is 4.23. The van der Waals surface area contributed by atoms with Crippen molar-refractivity contribution in [2.45, 2.75) is 33.1 Å². The van der Waals surface area contributed by atoms with Crippen LogP contribution in [-0.4, -0.2) is 17.7 Å². The molecule has 4 heteroatoms. The Hall–Kier alpha value is -2.02. The molecule has 0 heterocycles. The predicted molar refractivity (Wildman–Crippen MR) is 67.8 cm³/mol. The zero-order valence-corrected chi connectivity index (χ0v) is 10.7. The topological polar surface area (TPSA) is 70.3 Å². The number of unbranched alkanes of at least 4 members (excludes halogenated alkanes) is 2. The first-order valence-corrected chi connectivity index (χ1v) is 5.90. The van der Waals surface area contributed by atoms with E-state index < -0.39 is 5.97 Å². The lowest BCUT2D eigenvalue weighted by Gasteiger charge is -2.12. The van der Waals surface area contributed by atoms with E-state index in [4.69, 9.17) is 15.1 Å². The van der Waals surface area contributed by atoms with Gasteiger partial charge in [-0.2, -0.15) is 5.26 Å². The number of benzene rings is 1. The van der Waals surface area contributed by atoms with Crippen LogP contribution in [0, 0.1) is 25.2 Å². The van der Waals surface area contributed by atoms with Crippen molar-refractivity contribution in [3.8, 4) is 11.8 Å². The van der Waals surface area contributed by atoms with Gasteiger partial charge in [-0.15, -0.1) is 0 Å². The van der Waals surface area contributed by atoms with Gasteiger partial charge in [-0.3, -0.25) is 0 Å². The Morgan fingerprint density at radius 3 is 2.44 bits per heavy atom. The summed E-state index contributed by atoms with van der Waals surface area (Å²) in [5.74, 6) is -0.182. The van der Waals surface area contributed by atoms with Crippen LogP contribution in [0.2, 0.25) is 0 Å². The molecule has 4 nitrogen and oxygen atoms in total. The summed E-state index contributed by atoms with van der Waals surface area (Å²) in [5, 5.41) is 17.3. The molecule has 0 aliphatic rings. The van der Waals surface area contributed by atoms with Crippen molar-refractivity contribution in [3.63, 3.8) is 0 Å². The minimum Gasteiger partial charge on any atom is -0.493 e. The van der Waals surface area contributed by atoms with Crippen molar-refractivity contribution in [2.24, 2.45) is 0 Å². The van der Waals surface area contributed by atoms with Crippen LogP contribution in [0.4, 0.5) is 0 Å². The highest BCUT2D eigenvalue weighted by Crippen LogP contribution is 2.25. The normalized spacial score (nSPS) is 9.83. The Morgan fingerprint density at radius 2 is 1.94 bits per heavy atom. The third kappa shape index (κ3) is 3.77. The van der Waals surface area contributed by atoms with Crippen LogP contribution in [-0.2, 0) is 0 Å². The van der Waals surface area contributed by atoms with Gasteiger partial charge in [0.05, 0.1) is 18.2 Å². The minimum atomic E-state index is -0.929. The van der Waals surface area contributed by atoms with Crippen LogP contribution < -0.4 is 4.74 Å². The van der Waals surface area contributed by atoms with Crippen LogP contribution >= 0.6 is 0 Å². The minimum absolute atomic E-state index is 0.279. The monoisotopic (exact) mass is 247 g/mol. The van der Waals surface area contributed by atoms with Crippen molar-refractivity contribution in [3.05, 3.63) is 28.8 Å². The molecule has 0 aliphatic heterocycles. The Morgan fingerprint density at radius 1 is 1.33 bits per heavy atom. The second-order valence-electron chi connectivity index (χ2n) is 4.21. The van der Waals surface area contributed by atoms with Crippen LogP contribution in [0.5, 0.6) is 5.75 Å². The van der Waals surface area contributed by atoms with Gasteiger partial charge in [-0.1, -0.05) is 0 Å². The maximum Gasteiger partial charge on any atom is 0.335 e. The molecule has 1 aromatic rings. The van der Waals surface area contributed by atoms with E-state index in [0.717, 1.165) is 29.7 Å². The van der Waals surface area contributed by atoms with Gasteiger partial charge in [0.1, 0.15) is 5.75 Å². The third-order valence-electron chi connectivity index (χ3n) is 2.64. The number of rotatable bonds is 6. The first kappa shape index (κ1) is 14.0.